The molecule has 1 nitrogen and oxygen atoms in total. The van der Waals surface area contributed by atoms with Gasteiger partial charge >= 0.3 is 0 Å². The zero-order valence-electron chi connectivity index (χ0n) is 10.2. The van der Waals surface area contributed by atoms with Gasteiger partial charge in [-0.05, 0) is 56.0 Å². The Labute approximate surface area is 108 Å². The number of likely N-dealkylation sites (N-methyl/N-ethyl adjacent to an activating group) is 1. The molecule has 1 aromatic carbocycles. The molecule has 0 saturated heterocycles. The molecule has 0 fully saturated rings. The maximum absolute atomic E-state index is 6.23. The second kappa shape index (κ2) is 7.21. The molecule has 0 aliphatic rings. The molecule has 16 heavy (non-hydrogen) atoms. The number of hydrogen-bond donors (Lipinski definition) is 1. The standard InChI is InChI=1S/C13H20ClNS/c1-10-4-5-11(13(14)8-10)9-12(15-2)6-7-16-3/h4-5,8,12,15H,6-7,9H2,1-3H3. The Morgan fingerprint density at radius 3 is 2.75 bits per heavy atom. The van der Waals surface area contributed by atoms with Crippen LogP contribution in [0.25, 0.3) is 0 Å². The van der Waals surface area contributed by atoms with Gasteiger partial charge in [-0.15, -0.1) is 0 Å². The Morgan fingerprint density at radius 2 is 2.19 bits per heavy atom. The van der Waals surface area contributed by atoms with Crippen LogP contribution in [0, 0.1) is 6.92 Å². The van der Waals surface area contributed by atoms with Gasteiger partial charge in [-0.1, -0.05) is 23.7 Å². The smallest absolute Gasteiger partial charge is 0.0441 e. The van der Waals surface area contributed by atoms with E-state index in [1.807, 2.05) is 24.9 Å². The van der Waals surface area contributed by atoms with Crippen molar-refractivity contribution in [3.05, 3.63) is 34.3 Å². The first-order chi connectivity index (χ1) is 7.67. The fourth-order valence-corrected chi connectivity index (χ4v) is 2.52. The topological polar surface area (TPSA) is 12.0 Å². The van der Waals surface area contributed by atoms with Crippen LogP contribution in [0.2, 0.25) is 5.02 Å². The summed E-state index contributed by atoms with van der Waals surface area (Å²) in [5.74, 6) is 1.19. The van der Waals surface area contributed by atoms with Gasteiger partial charge in [0.25, 0.3) is 0 Å². The van der Waals surface area contributed by atoms with Gasteiger partial charge in [0.1, 0.15) is 0 Å². The molecular weight excluding hydrogens is 238 g/mol. The summed E-state index contributed by atoms with van der Waals surface area (Å²) in [5.41, 5.74) is 2.46. The van der Waals surface area contributed by atoms with E-state index in [1.165, 1.54) is 23.3 Å². The largest absolute Gasteiger partial charge is 0.317 e. The summed E-state index contributed by atoms with van der Waals surface area (Å²) in [6.45, 7) is 2.07. The Kier molecular flexibility index (Phi) is 6.25. The maximum Gasteiger partial charge on any atom is 0.0441 e. The van der Waals surface area contributed by atoms with E-state index in [-0.39, 0.29) is 0 Å². The summed E-state index contributed by atoms with van der Waals surface area (Å²) in [5, 5.41) is 4.25. The Balaban J connectivity index is 2.62. The number of halogens is 1. The van der Waals surface area contributed by atoms with Gasteiger partial charge in [0, 0.05) is 11.1 Å². The van der Waals surface area contributed by atoms with Gasteiger partial charge < -0.3 is 5.32 Å². The first-order valence-corrected chi connectivity index (χ1v) is 7.35. The minimum absolute atomic E-state index is 0.521. The maximum atomic E-state index is 6.23. The van der Waals surface area contributed by atoms with E-state index in [2.05, 4.69) is 30.6 Å². The molecule has 0 saturated carbocycles. The number of rotatable bonds is 6. The molecule has 0 aliphatic heterocycles. The number of nitrogens with one attached hydrogen (secondary N) is 1. The number of hydrogen-bond acceptors (Lipinski definition) is 2. The van der Waals surface area contributed by atoms with Crippen molar-refractivity contribution < 1.29 is 0 Å². The van der Waals surface area contributed by atoms with Crippen LogP contribution >= 0.6 is 23.4 Å². The van der Waals surface area contributed by atoms with Gasteiger partial charge in [-0.2, -0.15) is 11.8 Å². The highest BCUT2D eigenvalue weighted by Gasteiger charge is 2.09. The lowest BCUT2D eigenvalue weighted by Gasteiger charge is -2.16. The molecule has 1 rings (SSSR count). The molecule has 1 atom stereocenters. The minimum atomic E-state index is 0.521. The van der Waals surface area contributed by atoms with Crippen molar-refractivity contribution >= 4 is 23.4 Å². The van der Waals surface area contributed by atoms with Crippen LogP contribution in [0.1, 0.15) is 17.5 Å². The Bertz CT molecular complexity index is 328. The molecule has 0 bridgehead atoms. The molecule has 0 aromatic heterocycles. The lowest BCUT2D eigenvalue weighted by molar-refractivity contribution is 0.547. The van der Waals surface area contributed by atoms with Crippen LogP contribution in [0.4, 0.5) is 0 Å². The Morgan fingerprint density at radius 1 is 1.44 bits per heavy atom. The highest BCUT2D eigenvalue weighted by molar-refractivity contribution is 7.98. The summed E-state index contributed by atoms with van der Waals surface area (Å²) in [7, 11) is 2.02. The number of benzene rings is 1. The molecule has 0 amide bonds. The van der Waals surface area contributed by atoms with E-state index in [4.69, 9.17) is 11.6 Å². The average Bonchev–Trinajstić information content (AvgIpc) is 2.27. The summed E-state index contributed by atoms with van der Waals surface area (Å²) in [4.78, 5) is 0. The lowest BCUT2D eigenvalue weighted by Crippen LogP contribution is -2.28. The molecular formula is C13H20ClNS. The van der Waals surface area contributed by atoms with Crippen LogP contribution in [0.15, 0.2) is 18.2 Å². The van der Waals surface area contributed by atoms with Gasteiger partial charge in [0.15, 0.2) is 0 Å². The molecule has 0 spiro atoms. The fraction of sp³-hybridized carbons (Fsp3) is 0.538. The van der Waals surface area contributed by atoms with Crippen molar-refractivity contribution in [2.45, 2.75) is 25.8 Å². The van der Waals surface area contributed by atoms with E-state index in [0.717, 1.165) is 11.4 Å². The van der Waals surface area contributed by atoms with Crippen molar-refractivity contribution in [3.63, 3.8) is 0 Å². The summed E-state index contributed by atoms with van der Waals surface area (Å²) < 4.78 is 0. The van der Waals surface area contributed by atoms with E-state index >= 15 is 0 Å². The predicted molar refractivity (Wildman–Crippen MR) is 75.7 cm³/mol. The summed E-state index contributed by atoms with van der Waals surface area (Å²) in [6, 6.07) is 6.83. The van der Waals surface area contributed by atoms with Gasteiger partial charge in [-0.3, -0.25) is 0 Å². The van der Waals surface area contributed by atoms with Crippen LogP contribution < -0.4 is 5.32 Å². The molecule has 3 heteroatoms. The first-order valence-electron chi connectivity index (χ1n) is 5.58. The van der Waals surface area contributed by atoms with Crippen molar-refractivity contribution in [1.82, 2.24) is 5.32 Å². The molecule has 0 radical (unpaired) electrons. The zero-order chi connectivity index (χ0) is 12.0. The summed E-state index contributed by atoms with van der Waals surface area (Å²) in [6.07, 6.45) is 4.34. The third-order valence-corrected chi connectivity index (χ3v) is 3.75. The fourth-order valence-electron chi connectivity index (χ4n) is 1.69. The van der Waals surface area contributed by atoms with Crippen molar-refractivity contribution in [2.24, 2.45) is 0 Å². The SMILES string of the molecule is CNC(CCSC)Cc1ccc(C)cc1Cl. The van der Waals surface area contributed by atoms with Crippen LogP contribution in [-0.4, -0.2) is 25.1 Å². The molecule has 1 N–H and O–H groups in total. The van der Waals surface area contributed by atoms with E-state index in [1.54, 1.807) is 0 Å². The van der Waals surface area contributed by atoms with Crippen molar-refractivity contribution in [3.8, 4) is 0 Å². The van der Waals surface area contributed by atoms with Gasteiger partial charge in [0.2, 0.25) is 0 Å². The molecule has 1 unspecified atom stereocenters. The minimum Gasteiger partial charge on any atom is -0.317 e. The molecule has 0 aliphatic carbocycles. The Hall–Kier alpha value is -0.180. The monoisotopic (exact) mass is 257 g/mol. The highest BCUT2D eigenvalue weighted by Crippen LogP contribution is 2.20. The third kappa shape index (κ3) is 4.36. The quantitative estimate of drug-likeness (QED) is 0.837. The number of aryl methyl sites for hydroxylation is 1. The zero-order valence-corrected chi connectivity index (χ0v) is 11.8. The van der Waals surface area contributed by atoms with Crippen LogP contribution in [-0.2, 0) is 6.42 Å². The van der Waals surface area contributed by atoms with Gasteiger partial charge in [0.05, 0.1) is 0 Å². The van der Waals surface area contributed by atoms with Crippen molar-refractivity contribution in [2.75, 3.05) is 19.1 Å². The average molecular weight is 258 g/mol. The van der Waals surface area contributed by atoms with Crippen LogP contribution in [0.3, 0.4) is 0 Å². The van der Waals surface area contributed by atoms with E-state index in [0.29, 0.717) is 6.04 Å². The molecule has 90 valence electrons. The van der Waals surface area contributed by atoms with Crippen LogP contribution in [0.5, 0.6) is 0 Å². The molecule has 0 heterocycles. The first kappa shape index (κ1) is 13.9. The van der Waals surface area contributed by atoms with Crippen molar-refractivity contribution in [1.29, 1.82) is 0 Å². The summed E-state index contributed by atoms with van der Waals surface area (Å²) >= 11 is 8.12. The van der Waals surface area contributed by atoms with E-state index in [9.17, 15) is 0 Å². The number of thioether (sulfide) groups is 1. The normalized spacial score (nSPS) is 12.8. The van der Waals surface area contributed by atoms with E-state index < -0.39 is 0 Å². The third-order valence-electron chi connectivity index (χ3n) is 2.75. The lowest BCUT2D eigenvalue weighted by atomic mass is 10.0. The predicted octanol–water partition coefficient (Wildman–Crippen LogP) is 3.53. The molecule has 1 aromatic rings. The second-order valence-corrected chi connectivity index (χ2v) is 5.46. The highest BCUT2D eigenvalue weighted by atomic mass is 35.5. The second-order valence-electron chi connectivity index (χ2n) is 4.07. The van der Waals surface area contributed by atoms with Gasteiger partial charge in [-0.25, -0.2) is 0 Å².